The summed E-state index contributed by atoms with van der Waals surface area (Å²) in [5.41, 5.74) is -1.07. The van der Waals surface area contributed by atoms with Gasteiger partial charge in [0.05, 0.1) is 23.8 Å². The highest BCUT2D eigenvalue weighted by molar-refractivity contribution is 5.89. The Bertz CT molecular complexity index is 1290. The van der Waals surface area contributed by atoms with Gasteiger partial charge in [0.2, 0.25) is 0 Å². The Labute approximate surface area is 197 Å². The Morgan fingerprint density at radius 2 is 1.54 bits per heavy atom. The summed E-state index contributed by atoms with van der Waals surface area (Å²) in [6.45, 7) is 2.24. The van der Waals surface area contributed by atoms with Gasteiger partial charge in [-0.2, -0.15) is 13.2 Å². The van der Waals surface area contributed by atoms with Crippen LogP contribution in [-0.2, 0) is 11.3 Å². The zero-order valence-corrected chi connectivity index (χ0v) is 18.7. The average Bonchev–Trinajstić information content (AvgIpc) is 2.77. The van der Waals surface area contributed by atoms with Crippen LogP contribution in [0.5, 0.6) is 0 Å². The van der Waals surface area contributed by atoms with Crippen LogP contribution >= 0.6 is 0 Å². The highest BCUT2D eigenvalue weighted by atomic mass is 19.4. The van der Waals surface area contributed by atoms with Crippen LogP contribution in [0.3, 0.4) is 0 Å². The smallest absolute Gasteiger partial charge is 0.374 e. The van der Waals surface area contributed by atoms with Crippen LogP contribution in [0.1, 0.15) is 43.7 Å². The summed E-state index contributed by atoms with van der Waals surface area (Å²) in [6.07, 6.45) is -0.972. The van der Waals surface area contributed by atoms with Gasteiger partial charge in [-0.15, -0.1) is 0 Å². The summed E-state index contributed by atoms with van der Waals surface area (Å²) in [4.78, 5) is 0. The average molecular weight is 494 g/mol. The van der Waals surface area contributed by atoms with Crippen molar-refractivity contribution in [1.82, 2.24) is 0 Å². The molecule has 0 atom stereocenters. The second-order valence-electron chi connectivity index (χ2n) is 8.86. The van der Waals surface area contributed by atoms with Crippen molar-refractivity contribution in [1.29, 1.82) is 0 Å². The van der Waals surface area contributed by atoms with Crippen molar-refractivity contribution in [2.45, 2.75) is 51.5 Å². The summed E-state index contributed by atoms with van der Waals surface area (Å²) < 4.78 is 101. The summed E-state index contributed by atoms with van der Waals surface area (Å²) in [7, 11) is 0. The van der Waals surface area contributed by atoms with Gasteiger partial charge in [-0.05, 0) is 72.4 Å². The number of rotatable bonds is 4. The summed E-state index contributed by atoms with van der Waals surface area (Å²) >= 11 is 0. The first kappa shape index (κ1) is 25.1. The first-order chi connectivity index (χ1) is 16.5. The number of hydrogen-bond acceptors (Lipinski definition) is 1. The normalized spacial score (nSPS) is 18.4. The Kier molecular flexibility index (Phi) is 7.09. The fourth-order valence-corrected chi connectivity index (χ4v) is 4.33. The summed E-state index contributed by atoms with van der Waals surface area (Å²) in [6, 6.07) is 6.61. The number of benzene rings is 3. The van der Waals surface area contributed by atoms with Crippen LogP contribution in [0, 0.1) is 41.0 Å². The first-order valence-corrected chi connectivity index (χ1v) is 11.1. The van der Waals surface area contributed by atoms with Crippen LogP contribution in [0.15, 0.2) is 36.4 Å². The van der Waals surface area contributed by atoms with Gasteiger partial charge >= 0.3 is 6.18 Å². The zero-order valence-electron chi connectivity index (χ0n) is 18.7. The highest BCUT2D eigenvalue weighted by Crippen LogP contribution is 2.33. The Hall–Kier alpha value is -3.05. The second kappa shape index (κ2) is 9.90. The molecular formula is C27H21F7O. The van der Waals surface area contributed by atoms with E-state index in [0.717, 1.165) is 55.9 Å². The Morgan fingerprint density at radius 1 is 0.886 bits per heavy atom. The molecule has 0 N–H and O–H groups in total. The van der Waals surface area contributed by atoms with Gasteiger partial charge in [-0.3, -0.25) is 0 Å². The maximum absolute atomic E-state index is 14.9. The number of halogens is 7. The lowest BCUT2D eigenvalue weighted by Crippen LogP contribution is -2.20. The van der Waals surface area contributed by atoms with Crippen LogP contribution in [-0.4, -0.2) is 12.3 Å². The van der Waals surface area contributed by atoms with Crippen molar-refractivity contribution < 1.29 is 35.5 Å². The maximum Gasteiger partial charge on any atom is 0.458 e. The molecule has 0 bridgehead atoms. The van der Waals surface area contributed by atoms with Crippen molar-refractivity contribution in [2.75, 3.05) is 0 Å². The van der Waals surface area contributed by atoms with E-state index in [1.54, 1.807) is 0 Å². The van der Waals surface area contributed by atoms with Gasteiger partial charge in [-0.1, -0.05) is 25.0 Å². The summed E-state index contributed by atoms with van der Waals surface area (Å²) in [5, 5.41) is -0.304. The van der Waals surface area contributed by atoms with Gasteiger partial charge in [0, 0.05) is 11.3 Å². The van der Waals surface area contributed by atoms with E-state index >= 15 is 0 Å². The topological polar surface area (TPSA) is 9.23 Å². The molecule has 0 aromatic heterocycles. The van der Waals surface area contributed by atoms with E-state index in [9.17, 15) is 30.7 Å². The molecule has 1 nitrogen and oxygen atoms in total. The van der Waals surface area contributed by atoms with Gasteiger partial charge < -0.3 is 4.74 Å². The lowest BCUT2D eigenvalue weighted by Gasteiger charge is -2.26. The molecule has 0 radical (unpaired) electrons. The molecule has 3 aromatic carbocycles. The lowest BCUT2D eigenvalue weighted by molar-refractivity contribution is -0.0696. The fraction of sp³-hybridized carbons (Fsp3) is 0.333. The molecular weight excluding hydrogens is 473 g/mol. The van der Waals surface area contributed by atoms with Crippen LogP contribution in [0.2, 0.25) is 0 Å². The molecule has 1 fully saturated rings. The quantitative estimate of drug-likeness (QED) is 0.263. The predicted octanol–water partition coefficient (Wildman–Crippen LogP) is 8.07. The van der Waals surface area contributed by atoms with E-state index in [1.165, 1.54) is 18.1 Å². The Balaban J connectivity index is 1.61. The van der Waals surface area contributed by atoms with Gasteiger partial charge in [0.15, 0.2) is 0 Å². The van der Waals surface area contributed by atoms with Crippen molar-refractivity contribution in [3.05, 3.63) is 70.8 Å². The Morgan fingerprint density at radius 3 is 2.17 bits per heavy atom. The summed E-state index contributed by atoms with van der Waals surface area (Å²) in [5.74, 6) is -1.38. The second-order valence-corrected chi connectivity index (χ2v) is 8.86. The third-order valence-electron chi connectivity index (χ3n) is 6.20. The largest absolute Gasteiger partial charge is 0.458 e. The van der Waals surface area contributed by atoms with E-state index in [4.69, 9.17) is 4.74 Å². The van der Waals surface area contributed by atoms with Crippen molar-refractivity contribution in [3.63, 3.8) is 0 Å². The van der Waals surface area contributed by atoms with E-state index in [-0.39, 0.29) is 34.6 Å². The number of fused-ring (bicyclic) bond motifs is 1. The van der Waals surface area contributed by atoms with E-state index in [1.807, 2.05) is 0 Å². The van der Waals surface area contributed by atoms with E-state index in [0.29, 0.717) is 11.5 Å². The fourth-order valence-electron chi connectivity index (χ4n) is 4.33. The molecule has 35 heavy (non-hydrogen) atoms. The molecule has 1 aliphatic carbocycles. The van der Waals surface area contributed by atoms with Crippen LogP contribution < -0.4 is 0 Å². The molecule has 0 spiro atoms. The maximum atomic E-state index is 14.9. The van der Waals surface area contributed by atoms with E-state index in [2.05, 4.69) is 6.92 Å². The van der Waals surface area contributed by atoms with Crippen molar-refractivity contribution in [2.24, 2.45) is 5.92 Å². The number of hydrogen-bond donors (Lipinski definition) is 0. The zero-order chi connectivity index (χ0) is 25.3. The van der Waals surface area contributed by atoms with Gasteiger partial charge in [0.1, 0.15) is 23.3 Å². The number of ether oxygens (including phenoxy) is 1. The van der Waals surface area contributed by atoms with Gasteiger partial charge in [0.25, 0.3) is 0 Å². The monoisotopic (exact) mass is 494 g/mol. The minimum absolute atomic E-state index is 0.0224. The molecule has 4 rings (SSSR count). The van der Waals surface area contributed by atoms with Crippen LogP contribution in [0.25, 0.3) is 21.9 Å². The molecule has 1 aliphatic rings. The minimum Gasteiger partial charge on any atom is -0.374 e. The highest BCUT2D eigenvalue weighted by Gasteiger charge is 2.24. The third-order valence-corrected chi connectivity index (χ3v) is 6.20. The standard InChI is InChI=1S/C27H21F7O/c1-15-2-5-19(6-3-15)35-14-16-10-23(29)25(24(30)11-16)17-4-7-20-18(12-17)13-22(28)21(26(20)31)8-9-27(32,33)34/h4,7,10-13,15,19H,2-3,5-6,14H2,1H3. The third kappa shape index (κ3) is 5.79. The SMILES string of the molecule is CC1CCC(OCc2cc(F)c(-c3ccc4c(F)c(C#CC(F)(F)F)c(F)cc4c3)c(F)c2)CC1. The molecule has 0 saturated heterocycles. The lowest BCUT2D eigenvalue weighted by atomic mass is 9.89. The van der Waals surface area contributed by atoms with Crippen LogP contribution in [0.4, 0.5) is 30.7 Å². The molecule has 0 aliphatic heterocycles. The predicted molar refractivity (Wildman–Crippen MR) is 118 cm³/mol. The van der Waals surface area contributed by atoms with Crippen molar-refractivity contribution in [3.8, 4) is 23.0 Å². The first-order valence-electron chi connectivity index (χ1n) is 11.1. The molecule has 1 saturated carbocycles. The molecule has 3 aromatic rings. The molecule has 0 heterocycles. The molecule has 8 heteroatoms. The molecule has 184 valence electrons. The van der Waals surface area contributed by atoms with Crippen molar-refractivity contribution >= 4 is 10.8 Å². The number of alkyl halides is 3. The molecule has 0 amide bonds. The minimum atomic E-state index is -4.92. The van der Waals surface area contributed by atoms with E-state index < -0.39 is 35.0 Å². The van der Waals surface area contributed by atoms with Gasteiger partial charge in [-0.25, -0.2) is 17.6 Å². The molecule has 0 unspecified atom stereocenters.